The molecule has 2 aromatic heterocycles. The van der Waals surface area contributed by atoms with Gasteiger partial charge < -0.3 is 9.80 Å². The van der Waals surface area contributed by atoms with Gasteiger partial charge in [-0.1, -0.05) is 29.8 Å². The predicted molar refractivity (Wildman–Crippen MR) is 110 cm³/mol. The van der Waals surface area contributed by atoms with Gasteiger partial charge in [-0.05, 0) is 31.3 Å². The lowest BCUT2D eigenvalue weighted by Crippen LogP contribution is -2.45. The van der Waals surface area contributed by atoms with Gasteiger partial charge in [0.15, 0.2) is 11.6 Å². The summed E-state index contributed by atoms with van der Waals surface area (Å²) in [5, 5.41) is 10.6. The normalized spacial score (nSPS) is 14.7. The maximum atomic E-state index is 9.95. The number of piperazine rings is 1. The maximum absolute atomic E-state index is 9.95. The Morgan fingerprint density at radius 1 is 1.00 bits per heavy atom. The zero-order chi connectivity index (χ0) is 19.5. The molecule has 0 N–H and O–H groups in total. The Morgan fingerprint density at radius 2 is 1.75 bits per heavy atom. The molecule has 0 aliphatic carbocycles. The molecule has 0 amide bonds. The summed E-state index contributed by atoms with van der Waals surface area (Å²) in [5.74, 6) is 1.18. The van der Waals surface area contributed by atoms with E-state index in [0.717, 1.165) is 31.7 Å². The first-order valence-corrected chi connectivity index (χ1v) is 9.46. The monoisotopic (exact) mass is 390 g/mol. The second kappa shape index (κ2) is 7.93. The lowest BCUT2D eigenvalue weighted by Gasteiger charge is -2.34. The number of nitrogens with zero attached hydrogens (tertiary/aromatic N) is 6. The molecule has 0 unspecified atom stereocenters. The summed E-state index contributed by atoms with van der Waals surface area (Å²) >= 11 is 6.05. The van der Waals surface area contributed by atoms with Crippen molar-refractivity contribution in [1.82, 2.24) is 19.9 Å². The Morgan fingerprint density at radius 3 is 2.39 bits per heavy atom. The lowest BCUT2D eigenvalue weighted by atomic mass is 10.1. The van der Waals surface area contributed by atoms with Crippen LogP contribution in [0.3, 0.4) is 0 Å². The van der Waals surface area contributed by atoms with Crippen LogP contribution in [0.4, 0.5) is 5.82 Å². The lowest BCUT2D eigenvalue weighted by molar-refractivity contribution is 0.312. The Labute approximate surface area is 169 Å². The maximum Gasteiger partial charge on any atom is 0.180 e. The van der Waals surface area contributed by atoms with Gasteiger partial charge in [0.1, 0.15) is 17.3 Å². The van der Waals surface area contributed by atoms with Crippen LogP contribution in [0, 0.1) is 11.3 Å². The highest BCUT2D eigenvalue weighted by Gasteiger charge is 2.24. The van der Waals surface area contributed by atoms with E-state index in [1.54, 1.807) is 18.3 Å². The van der Waals surface area contributed by atoms with Gasteiger partial charge in [-0.2, -0.15) is 5.26 Å². The van der Waals surface area contributed by atoms with Gasteiger partial charge in [0, 0.05) is 43.0 Å². The molecule has 3 heterocycles. The number of anilines is 1. The summed E-state index contributed by atoms with van der Waals surface area (Å²) in [5.41, 5.74) is 2.59. The molecule has 1 aliphatic heterocycles. The van der Waals surface area contributed by atoms with E-state index in [2.05, 4.69) is 27.9 Å². The summed E-state index contributed by atoms with van der Waals surface area (Å²) in [6.07, 6.45) is 1.72. The van der Waals surface area contributed by atoms with Crippen LogP contribution in [-0.2, 0) is 0 Å². The predicted octanol–water partition coefficient (Wildman–Crippen LogP) is 3.48. The van der Waals surface area contributed by atoms with Gasteiger partial charge in [0.05, 0.1) is 5.69 Å². The molecule has 28 heavy (non-hydrogen) atoms. The first-order valence-electron chi connectivity index (χ1n) is 9.08. The number of rotatable bonds is 3. The first kappa shape index (κ1) is 18.4. The largest absolute Gasteiger partial charge is 0.353 e. The van der Waals surface area contributed by atoms with Gasteiger partial charge in [-0.15, -0.1) is 0 Å². The average Bonchev–Trinajstić information content (AvgIpc) is 2.74. The number of hydrogen-bond donors (Lipinski definition) is 0. The zero-order valence-electron chi connectivity index (χ0n) is 15.5. The molecule has 0 spiro atoms. The number of pyridine rings is 1. The van der Waals surface area contributed by atoms with E-state index >= 15 is 0 Å². The van der Waals surface area contributed by atoms with Gasteiger partial charge in [0.2, 0.25) is 0 Å². The second-order valence-corrected chi connectivity index (χ2v) is 7.15. The highest BCUT2D eigenvalue weighted by Crippen LogP contribution is 2.31. The minimum Gasteiger partial charge on any atom is -0.353 e. The fraction of sp³-hybridized carbons (Fsp3) is 0.238. The average molecular weight is 391 g/mol. The molecule has 4 rings (SSSR count). The summed E-state index contributed by atoms with van der Waals surface area (Å²) in [7, 11) is 2.10. The fourth-order valence-electron chi connectivity index (χ4n) is 3.23. The van der Waals surface area contributed by atoms with E-state index in [-0.39, 0.29) is 0 Å². The zero-order valence-corrected chi connectivity index (χ0v) is 16.3. The van der Waals surface area contributed by atoms with E-state index in [1.807, 2.05) is 30.3 Å². The highest BCUT2D eigenvalue weighted by molar-refractivity contribution is 6.30. The second-order valence-electron chi connectivity index (χ2n) is 6.72. The van der Waals surface area contributed by atoms with E-state index in [0.29, 0.717) is 33.6 Å². The Balaban J connectivity index is 1.90. The van der Waals surface area contributed by atoms with Crippen molar-refractivity contribution in [2.75, 3.05) is 38.1 Å². The van der Waals surface area contributed by atoms with Crippen molar-refractivity contribution in [3.05, 3.63) is 59.2 Å². The Bertz CT molecular complexity index is 1010. The molecular formula is C21H19ClN6. The Hall–Kier alpha value is -3.01. The van der Waals surface area contributed by atoms with Crippen molar-refractivity contribution in [3.8, 4) is 28.8 Å². The standard InChI is InChI=1S/C21H19ClN6/c1-27-10-12-28(13-11-27)21-17(14-23)19(15-5-7-16(22)8-6-15)25-20(26-21)18-4-2-3-9-24-18/h2-9H,10-13H2,1H3. The van der Waals surface area contributed by atoms with Crippen LogP contribution < -0.4 is 4.90 Å². The van der Waals surface area contributed by atoms with Gasteiger partial charge in [-0.25, -0.2) is 9.97 Å². The van der Waals surface area contributed by atoms with E-state index in [9.17, 15) is 5.26 Å². The quantitative estimate of drug-likeness (QED) is 0.682. The smallest absolute Gasteiger partial charge is 0.180 e. The first-order chi connectivity index (χ1) is 13.7. The van der Waals surface area contributed by atoms with E-state index < -0.39 is 0 Å². The van der Waals surface area contributed by atoms with Gasteiger partial charge in [0.25, 0.3) is 0 Å². The van der Waals surface area contributed by atoms with Crippen LogP contribution in [0.5, 0.6) is 0 Å². The minimum absolute atomic E-state index is 0.478. The minimum atomic E-state index is 0.478. The van der Waals surface area contributed by atoms with Crippen molar-refractivity contribution in [2.45, 2.75) is 0 Å². The van der Waals surface area contributed by atoms with E-state index in [4.69, 9.17) is 21.6 Å². The van der Waals surface area contributed by atoms with Crippen molar-refractivity contribution < 1.29 is 0 Å². The third-order valence-corrected chi connectivity index (χ3v) is 5.07. The van der Waals surface area contributed by atoms with Crippen LogP contribution in [-0.4, -0.2) is 53.1 Å². The molecule has 140 valence electrons. The summed E-state index contributed by atoms with van der Waals surface area (Å²) < 4.78 is 0. The molecule has 0 saturated carbocycles. The molecule has 6 nitrogen and oxygen atoms in total. The number of benzene rings is 1. The summed E-state index contributed by atoms with van der Waals surface area (Å²) in [4.78, 5) is 18.3. The summed E-state index contributed by atoms with van der Waals surface area (Å²) in [6.45, 7) is 3.46. The number of likely N-dealkylation sites (N-methyl/N-ethyl adjacent to an activating group) is 1. The number of nitriles is 1. The molecular weight excluding hydrogens is 372 g/mol. The molecule has 1 saturated heterocycles. The number of hydrogen-bond acceptors (Lipinski definition) is 6. The summed E-state index contributed by atoms with van der Waals surface area (Å²) in [6, 6.07) is 15.3. The molecule has 0 radical (unpaired) electrons. The van der Waals surface area contributed by atoms with Crippen molar-refractivity contribution >= 4 is 17.4 Å². The molecule has 1 aliphatic rings. The molecule has 0 atom stereocenters. The number of halogens is 1. The van der Waals surface area contributed by atoms with Crippen molar-refractivity contribution in [3.63, 3.8) is 0 Å². The van der Waals surface area contributed by atoms with Gasteiger partial charge >= 0.3 is 0 Å². The van der Waals surface area contributed by atoms with Crippen LogP contribution in [0.25, 0.3) is 22.8 Å². The number of aromatic nitrogens is 3. The molecule has 7 heteroatoms. The van der Waals surface area contributed by atoms with Crippen LogP contribution in [0.2, 0.25) is 5.02 Å². The van der Waals surface area contributed by atoms with Crippen molar-refractivity contribution in [2.24, 2.45) is 0 Å². The van der Waals surface area contributed by atoms with Crippen molar-refractivity contribution in [1.29, 1.82) is 5.26 Å². The topological polar surface area (TPSA) is 68.9 Å². The van der Waals surface area contributed by atoms with Crippen LogP contribution in [0.15, 0.2) is 48.7 Å². The van der Waals surface area contributed by atoms with E-state index in [1.165, 1.54) is 0 Å². The third kappa shape index (κ3) is 3.68. The van der Waals surface area contributed by atoms with Crippen LogP contribution in [0.1, 0.15) is 5.56 Å². The molecule has 1 aromatic carbocycles. The van der Waals surface area contributed by atoms with Crippen LogP contribution >= 0.6 is 11.6 Å². The fourth-order valence-corrected chi connectivity index (χ4v) is 3.35. The molecule has 3 aromatic rings. The molecule has 0 bridgehead atoms. The SMILES string of the molecule is CN1CCN(c2nc(-c3ccccn3)nc(-c3ccc(Cl)cc3)c2C#N)CC1. The molecule has 1 fully saturated rings. The Kier molecular flexibility index (Phi) is 5.20. The highest BCUT2D eigenvalue weighted by atomic mass is 35.5. The van der Waals surface area contributed by atoms with Gasteiger partial charge in [-0.3, -0.25) is 4.98 Å². The third-order valence-electron chi connectivity index (χ3n) is 4.82.